The second-order valence-electron chi connectivity index (χ2n) is 8.81. The van der Waals surface area contributed by atoms with Gasteiger partial charge in [0.2, 0.25) is 17.4 Å². The summed E-state index contributed by atoms with van der Waals surface area (Å²) in [5, 5.41) is 12.4. The van der Waals surface area contributed by atoms with Crippen molar-refractivity contribution in [2.75, 3.05) is 13.1 Å². The van der Waals surface area contributed by atoms with Gasteiger partial charge in [0, 0.05) is 13.1 Å². The molecule has 2 atom stereocenters. The molecule has 1 aliphatic rings. The number of rotatable bonds is 10. The van der Waals surface area contributed by atoms with E-state index < -0.39 is 47.3 Å². The van der Waals surface area contributed by atoms with Gasteiger partial charge in [-0.1, -0.05) is 31.2 Å². The first-order valence-corrected chi connectivity index (χ1v) is 12.0. The van der Waals surface area contributed by atoms with E-state index in [0.29, 0.717) is 26.1 Å². The van der Waals surface area contributed by atoms with E-state index in [2.05, 4.69) is 10.3 Å². The molecular formula is C27H29F2N3O5. The fourth-order valence-electron chi connectivity index (χ4n) is 4.03. The molecule has 4 N–H and O–H groups in total. The van der Waals surface area contributed by atoms with Crippen molar-refractivity contribution < 1.29 is 32.9 Å². The maximum absolute atomic E-state index is 15.5. The Labute approximate surface area is 213 Å². The summed E-state index contributed by atoms with van der Waals surface area (Å²) in [5.74, 6) is -5.46. The van der Waals surface area contributed by atoms with Gasteiger partial charge in [-0.05, 0) is 66.8 Å². The van der Waals surface area contributed by atoms with Crippen LogP contribution in [0.1, 0.15) is 30.9 Å². The lowest BCUT2D eigenvalue weighted by molar-refractivity contribution is -0.145. The fraction of sp³-hybridized carbons (Fsp3) is 0.333. The smallest absolute Gasteiger partial charge is 0.344 e. The molecule has 8 nitrogen and oxygen atoms in total. The van der Waals surface area contributed by atoms with Crippen LogP contribution < -0.4 is 25.3 Å². The predicted octanol–water partition coefficient (Wildman–Crippen LogP) is 4.57. The molecule has 0 spiro atoms. The molecule has 2 aromatic carbocycles. The zero-order valence-corrected chi connectivity index (χ0v) is 20.6. The molecular weight excluding hydrogens is 484 g/mol. The molecule has 0 radical (unpaired) electrons. The largest absolute Gasteiger partial charge is 0.483 e. The van der Waals surface area contributed by atoms with E-state index in [4.69, 9.17) is 19.9 Å². The van der Waals surface area contributed by atoms with Gasteiger partial charge < -0.3 is 30.4 Å². The number of nitrogens with two attached hydrogens (primary N) is 1. The molecule has 0 aliphatic carbocycles. The quantitative estimate of drug-likeness (QED) is 0.361. The molecule has 10 heteroatoms. The number of carboxylic acids is 1. The summed E-state index contributed by atoms with van der Waals surface area (Å²) in [6.07, 6.45) is -1.28. The van der Waals surface area contributed by atoms with Crippen LogP contribution in [-0.2, 0) is 11.3 Å². The monoisotopic (exact) mass is 513 g/mol. The second-order valence-corrected chi connectivity index (χ2v) is 8.81. The molecule has 1 saturated heterocycles. The van der Waals surface area contributed by atoms with Crippen LogP contribution >= 0.6 is 0 Å². The summed E-state index contributed by atoms with van der Waals surface area (Å²) in [5.41, 5.74) is 9.23. The number of benzene rings is 2. The second kappa shape index (κ2) is 11.5. The van der Waals surface area contributed by atoms with Crippen LogP contribution in [0.15, 0.2) is 42.5 Å². The average Bonchev–Trinajstić information content (AvgIpc) is 3.40. The molecule has 1 aromatic heterocycles. The van der Waals surface area contributed by atoms with Gasteiger partial charge in [0.15, 0.2) is 6.10 Å². The molecule has 3 aromatic rings. The van der Waals surface area contributed by atoms with Gasteiger partial charge in [0.25, 0.3) is 11.8 Å². The highest BCUT2D eigenvalue weighted by Crippen LogP contribution is 2.38. The summed E-state index contributed by atoms with van der Waals surface area (Å²) < 4.78 is 47.4. The van der Waals surface area contributed by atoms with Gasteiger partial charge >= 0.3 is 5.97 Å². The summed E-state index contributed by atoms with van der Waals surface area (Å²) in [7, 11) is 0. The number of carbonyl (C=O) groups is 1. The Morgan fingerprint density at radius 1 is 1.19 bits per heavy atom. The Kier molecular flexibility index (Phi) is 8.20. The lowest BCUT2D eigenvalue weighted by Gasteiger charge is -2.19. The van der Waals surface area contributed by atoms with Crippen molar-refractivity contribution >= 4 is 5.97 Å². The summed E-state index contributed by atoms with van der Waals surface area (Å²) >= 11 is 0. The normalized spacial score (nSPS) is 15.9. The molecule has 0 amide bonds. The fourth-order valence-corrected chi connectivity index (χ4v) is 4.03. The Hall–Kier alpha value is -3.76. The van der Waals surface area contributed by atoms with Crippen molar-refractivity contribution in [1.29, 1.82) is 0 Å². The maximum atomic E-state index is 15.5. The number of hydrogen-bond acceptors (Lipinski definition) is 7. The first-order chi connectivity index (χ1) is 17.8. The minimum Gasteiger partial charge on any atom is -0.483 e. The van der Waals surface area contributed by atoms with Crippen LogP contribution in [0.25, 0.3) is 11.1 Å². The number of nitrogens with one attached hydrogen (secondary N) is 1. The van der Waals surface area contributed by atoms with E-state index in [1.54, 1.807) is 19.1 Å². The third-order valence-corrected chi connectivity index (χ3v) is 5.94. The van der Waals surface area contributed by atoms with E-state index in [-0.39, 0.29) is 12.2 Å². The summed E-state index contributed by atoms with van der Waals surface area (Å²) in [6, 6.07) is 13.0. The highest BCUT2D eigenvalue weighted by Gasteiger charge is 2.30. The van der Waals surface area contributed by atoms with Crippen molar-refractivity contribution in [3.63, 3.8) is 0 Å². The van der Waals surface area contributed by atoms with Crippen molar-refractivity contribution in [3.05, 3.63) is 65.2 Å². The van der Waals surface area contributed by atoms with E-state index in [0.717, 1.165) is 22.3 Å². The van der Waals surface area contributed by atoms with Gasteiger partial charge in [0.05, 0.1) is 0 Å². The zero-order valence-electron chi connectivity index (χ0n) is 20.6. The molecule has 0 bridgehead atoms. The van der Waals surface area contributed by atoms with Crippen molar-refractivity contribution in [3.8, 4) is 34.4 Å². The predicted molar refractivity (Wildman–Crippen MR) is 133 cm³/mol. The molecule has 196 valence electrons. The number of carboxylic acid groups (broad SMARTS) is 1. The zero-order chi connectivity index (χ0) is 26.5. The highest BCUT2D eigenvalue weighted by molar-refractivity contribution is 5.72. The Morgan fingerprint density at radius 3 is 2.65 bits per heavy atom. The molecule has 0 saturated carbocycles. The third kappa shape index (κ3) is 6.15. The van der Waals surface area contributed by atoms with Crippen molar-refractivity contribution in [2.24, 2.45) is 5.73 Å². The van der Waals surface area contributed by atoms with E-state index in [1.165, 1.54) is 0 Å². The summed E-state index contributed by atoms with van der Waals surface area (Å²) in [4.78, 5) is 15.3. The minimum atomic E-state index is -1.39. The van der Waals surface area contributed by atoms with Crippen LogP contribution in [-0.4, -0.2) is 41.4 Å². The van der Waals surface area contributed by atoms with Gasteiger partial charge in [-0.3, -0.25) is 0 Å². The highest BCUT2D eigenvalue weighted by atomic mass is 19.1. The van der Waals surface area contributed by atoms with Crippen molar-refractivity contribution in [2.45, 2.75) is 45.4 Å². The Morgan fingerprint density at radius 2 is 1.97 bits per heavy atom. The van der Waals surface area contributed by atoms with Crippen LogP contribution in [0, 0.1) is 18.6 Å². The lowest BCUT2D eigenvalue weighted by atomic mass is 10.0. The first kappa shape index (κ1) is 26.3. The van der Waals surface area contributed by atoms with Gasteiger partial charge in [-0.2, -0.15) is 13.8 Å². The van der Waals surface area contributed by atoms with Crippen LogP contribution in [0.5, 0.6) is 23.3 Å². The molecule has 37 heavy (non-hydrogen) atoms. The average molecular weight is 514 g/mol. The number of aliphatic carboxylic acids is 1. The molecule has 1 unspecified atom stereocenters. The topological polar surface area (TPSA) is 116 Å². The number of hydrogen-bond donors (Lipinski definition) is 3. The minimum absolute atomic E-state index is 0.0376. The number of nitrogens with zero attached hydrogens (tertiary/aromatic N) is 1. The number of pyridine rings is 1. The van der Waals surface area contributed by atoms with Crippen molar-refractivity contribution in [1.82, 2.24) is 10.3 Å². The van der Waals surface area contributed by atoms with Gasteiger partial charge in [0.1, 0.15) is 11.9 Å². The Balaban J connectivity index is 1.74. The lowest BCUT2D eigenvalue weighted by Crippen LogP contribution is -2.27. The van der Waals surface area contributed by atoms with Crippen LogP contribution in [0.3, 0.4) is 0 Å². The number of aromatic nitrogens is 1. The molecule has 1 fully saturated rings. The standard InChI is InChI=1S/C27H29F2N3O5/c1-3-21(27(33)34)37-26-23(29)24(35-19-7-8-31-14-19)22(28)25(32-26)36-20-10-15(2)9-18(12-20)17-6-4-5-16(11-17)13-30/h4-6,9-12,19,21,31H,3,7-8,13-14,30H2,1-2H3,(H,33,34)/t19?,21-/m1/s1. The SMILES string of the molecule is CC[C@@H](Oc1nc(Oc2cc(C)cc(-c3cccc(CN)c3)c2)c(F)c(OC2CCNC2)c1F)C(=O)O. The Bertz CT molecular complexity index is 1280. The van der Waals surface area contributed by atoms with Gasteiger partial charge in [-0.15, -0.1) is 0 Å². The molecule has 2 heterocycles. The third-order valence-electron chi connectivity index (χ3n) is 5.94. The number of aryl methyl sites for hydroxylation is 1. The van der Waals surface area contributed by atoms with E-state index in [9.17, 15) is 9.90 Å². The molecule has 1 aliphatic heterocycles. The van der Waals surface area contributed by atoms with E-state index in [1.807, 2.05) is 37.3 Å². The summed E-state index contributed by atoms with van der Waals surface area (Å²) in [6.45, 7) is 4.84. The molecule has 4 rings (SSSR count). The number of ether oxygens (including phenoxy) is 3. The van der Waals surface area contributed by atoms with E-state index >= 15 is 8.78 Å². The van der Waals surface area contributed by atoms with Crippen LogP contribution in [0.4, 0.5) is 8.78 Å². The van der Waals surface area contributed by atoms with Gasteiger partial charge in [-0.25, -0.2) is 4.79 Å². The number of halogens is 2. The maximum Gasteiger partial charge on any atom is 0.344 e. The first-order valence-electron chi connectivity index (χ1n) is 12.0. The van der Waals surface area contributed by atoms with Crippen LogP contribution in [0.2, 0.25) is 0 Å².